The van der Waals surface area contributed by atoms with Gasteiger partial charge in [0.1, 0.15) is 0 Å². The third-order valence-electron chi connectivity index (χ3n) is 4.12. The Labute approximate surface area is 115 Å². The maximum Gasteiger partial charge on any atom is 0.252 e. The second-order valence-corrected chi connectivity index (χ2v) is 5.77. The number of rotatable bonds is 3. The fraction of sp³-hybridized carbons (Fsp3) is 0.562. The van der Waals surface area contributed by atoms with Crippen molar-refractivity contribution in [2.75, 3.05) is 6.61 Å². The summed E-state index contributed by atoms with van der Waals surface area (Å²) in [5.41, 5.74) is 2.45. The third-order valence-corrected chi connectivity index (χ3v) is 4.12. The Bertz CT molecular complexity index is 462. The molecule has 0 radical (unpaired) electrons. The summed E-state index contributed by atoms with van der Waals surface area (Å²) in [6.45, 7) is 4.00. The molecule has 0 unspecified atom stereocenters. The molecule has 3 heteroatoms. The molecule has 0 atom stereocenters. The predicted molar refractivity (Wildman–Crippen MR) is 76.3 cm³/mol. The van der Waals surface area contributed by atoms with E-state index in [4.69, 9.17) is 0 Å². The molecule has 0 aliphatic heterocycles. The van der Waals surface area contributed by atoms with Gasteiger partial charge in [-0.05, 0) is 38.3 Å². The Hall–Kier alpha value is -1.35. The highest BCUT2D eigenvalue weighted by Gasteiger charge is 2.33. The van der Waals surface area contributed by atoms with Gasteiger partial charge in [0, 0.05) is 5.56 Å². The van der Waals surface area contributed by atoms with E-state index in [1.807, 2.05) is 32.0 Å². The second kappa shape index (κ2) is 5.74. The van der Waals surface area contributed by atoms with E-state index < -0.39 is 5.54 Å². The lowest BCUT2D eigenvalue weighted by Crippen LogP contribution is -2.52. The van der Waals surface area contributed by atoms with Crippen LogP contribution >= 0.6 is 0 Å². The molecule has 2 N–H and O–H groups in total. The smallest absolute Gasteiger partial charge is 0.252 e. The number of aliphatic hydroxyl groups is 1. The van der Waals surface area contributed by atoms with Crippen LogP contribution in [0.1, 0.15) is 53.6 Å². The normalized spacial score (nSPS) is 18.1. The fourth-order valence-corrected chi connectivity index (χ4v) is 2.93. The number of amides is 1. The molecule has 3 nitrogen and oxygen atoms in total. The second-order valence-electron chi connectivity index (χ2n) is 5.77. The molecule has 0 heterocycles. The van der Waals surface area contributed by atoms with E-state index in [0.29, 0.717) is 5.56 Å². The first kappa shape index (κ1) is 14.1. The molecule has 1 aliphatic rings. The van der Waals surface area contributed by atoms with Gasteiger partial charge in [-0.25, -0.2) is 0 Å². The first-order valence-electron chi connectivity index (χ1n) is 7.07. The lowest BCUT2D eigenvalue weighted by Gasteiger charge is -2.36. The molecule has 1 aromatic rings. The van der Waals surface area contributed by atoms with Gasteiger partial charge < -0.3 is 10.4 Å². The average Bonchev–Trinajstić information content (AvgIpc) is 2.39. The van der Waals surface area contributed by atoms with Gasteiger partial charge >= 0.3 is 0 Å². The largest absolute Gasteiger partial charge is 0.394 e. The minimum Gasteiger partial charge on any atom is -0.394 e. The van der Waals surface area contributed by atoms with Crippen LogP contribution in [0.3, 0.4) is 0 Å². The molecule has 1 fully saturated rings. The summed E-state index contributed by atoms with van der Waals surface area (Å²) in [7, 11) is 0. The maximum absolute atomic E-state index is 12.4. The zero-order valence-electron chi connectivity index (χ0n) is 11.8. The van der Waals surface area contributed by atoms with Gasteiger partial charge in [0.25, 0.3) is 5.91 Å². The molecule has 0 saturated heterocycles. The SMILES string of the molecule is Cc1ccc(C(=O)NC2(CO)CCCCC2)c(C)c1. The van der Waals surface area contributed by atoms with E-state index in [-0.39, 0.29) is 12.5 Å². The van der Waals surface area contributed by atoms with Crippen LogP contribution in [0.5, 0.6) is 0 Å². The zero-order chi connectivity index (χ0) is 13.9. The number of nitrogens with one attached hydrogen (secondary N) is 1. The van der Waals surface area contributed by atoms with Crippen molar-refractivity contribution in [3.63, 3.8) is 0 Å². The van der Waals surface area contributed by atoms with Gasteiger partial charge in [0.05, 0.1) is 12.1 Å². The van der Waals surface area contributed by atoms with Gasteiger partial charge in [-0.15, -0.1) is 0 Å². The number of carbonyl (C=O) groups is 1. The summed E-state index contributed by atoms with van der Waals surface area (Å²) < 4.78 is 0. The molecule has 1 aromatic carbocycles. The van der Waals surface area contributed by atoms with Gasteiger partial charge in [0.15, 0.2) is 0 Å². The predicted octanol–water partition coefficient (Wildman–Crippen LogP) is 2.73. The van der Waals surface area contributed by atoms with Crippen molar-refractivity contribution in [1.29, 1.82) is 0 Å². The van der Waals surface area contributed by atoms with Crippen molar-refractivity contribution in [3.8, 4) is 0 Å². The number of hydrogen-bond acceptors (Lipinski definition) is 2. The number of aryl methyl sites for hydroxylation is 2. The molecule has 19 heavy (non-hydrogen) atoms. The molecule has 0 bridgehead atoms. The number of benzene rings is 1. The summed E-state index contributed by atoms with van der Waals surface area (Å²) in [5, 5.41) is 12.7. The molecule has 1 saturated carbocycles. The number of carbonyl (C=O) groups excluding carboxylic acids is 1. The summed E-state index contributed by atoms with van der Waals surface area (Å²) >= 11 is 0. The quantitative estimate of drug-likeness (QED) is 0.879. The molecule has 104 valence electrons. The number of aliphatic hydroxyl groups excluding tert-OH is 1. The number of hydrogen-bond donors (Lipinski definition) is 2. The zero-order valence-corrected chi connectivity index (χ0v) is 11.8. The minimum atomic E-state index is -0.410. The van der Waals surface area contributed by atoms with Crippen molar-refractivity contribution in [3.05, 3.63) is 34.9 Å². The van der Waals surface area contributed by atoms with Crippen LogP contribution in [0, 0.1) is 13.8 Å². The van der Waals surface area contributed by atoms with Crippen LogP contribution in [0.25, 0.3) is 0 Å². The molecular formula is C16H23NO2. The van der Waals surface area contributed by atoms with Crippen molar-refractivity contribution < 1.29 is 9.90 Å². The van der Waals surface area contributed by atoms with Crippen LogP contribution in [-0.2, 0) is 0 Å². The van der Waals surface area contributed by atoms with Crippen molar-refractivity contribution in [2.45, 2.75) is 51.5 Å². The Kier molecular flexibility index (Phi) is 4.25. The van der Waals surface area contributed by atoms with E-state index >= 15 is 0 Å². The minimum absolute atomic E-state index is 0.0314. The lowest BCUT2D eigenvalue weighted by atomic mass is 9.82. The average molecular weight is 261 g/mol. The van der Waals surface area contributed by atoms with Crippen LogP contribution < -0.4 is 5.32 Å². The van der Waals surface area contributed by atoms with Gasteiger partial charge in [-0.2, -0.15) is 0 Å². The summed E-state index contributed by atoms with van der Waals surface area (Å²) in [4.78, 5) is 12.4. The summed E-state index contributed by atoms with van der Waals surface area (Å²) in [6.07, 6.45) is 5.10. The first-order chi connectivity index (χ1) is 9.06. The molecular weight excluding hydrogens is 238 g/mol. The first-order valence-corrected chi connectivity index (χ1v) is 7.07. The van der Waals surface area contributed by atoms with Gasteiger partial charge in [-0.1, -0.05) is 37.0 Å². The van der Waals surface area contributed by atoms with Crippen molar-refractivity contribution >= 4 is 5.91 Å². The summed E-state index contributed by atoms with van der Waals surface area (Å²) in [6, 6.07) is 5.84. The fourth-order valence-electron chi connectivity index (χ4n) is 2.93. The Morgan fingerprint density at radius 3 is 2.53 bits per heavy atom. The highest BCUT2D eigenvalue weighted by molar-refractivity contribution is 5.96. The van der Waals surface area contributed by atoms with Crippen LogP contribution in [-0.4, -0.2) is 23.2 Å². The molecule has 0 spiro atoms. The van der Waals surface area contributed by atoms with E-state index in [1.54, 1.807) is 0 Å². The Morgan fingerprint density at radius 2 is 1.95 bits per heavy atom. The van der Waals surface area contributed by atoms with Crippen LogP contribution in [0.2, 0.25) is 0 Å². The molecule has 1 amide bonds. The molecule has 2 rings (SSSR count). The lowest BCUT2D eigenvalue weighted by molar-refractivity contribution is 0.0758. The van der Waals surface area contributed by atoms with E-state index in [9.17, 15) is 9.90 Å². The maximum atomic E-state index is 12.4. The monoisotopic (exact) mass is 261 g/mol. The highest BCUT2D eigenvalue weighted by Crippen LogP contribution is 2.28. The van der Waals surface area contributed by atoms with Crippen LogP contribution in [0.15, 0.2) is 18.2 Å². The molecule has 1 aliphatic carbocycles. The summed E-state index contributed by atoms with van der Waals surface area (Å²) in [5.74, 6) is -0.0616. The van der Waals surface area contributed by atoms with E-state index in [2.05, 4.69) is 5.32 Å². The standard InChI is InChI=1S/C16H23NO2/c1-12-6-7-14(13(2)10-12)15(19)17-16(11-18)8-4-3-5-9-16/h6-7,10,18H,3-5,8-9,11H2,1-2H3,(H,17,19). The Morgan fingerprint density at radius 1 is 1.26 bits per heavy atom. The van der Waals surface area contributed by atoms with E-state index in [0.717, 1.165) is 36.8 Å². The molecule has 0 aromatic heterocycles. The Balaban J connectivity index is 2.15. The highest BCUT2D eigenvalue weighted by atomic mass is 16.3. The van der Waals surface area contributed by atoms with Gasteiger partial charge in [-0.3, -0.25) is 4.79 Å². The van der Waals surface area contributed by atoms with E-state index in [1.165, 1.54) is 6.42 Å². The van der Waals surface area contributed by atoms with Crippen molar-refractivity contribution in [2.24, 2.45) is 0 Å². The topological polar surface area (TPSA) is 49.3 Å². The van der Waals surface area contributed by atoms with Crippen LogP contribution in [0.4, 0.5) is 0 Å². The van der Waals surface area contributed by atoms with Crippen molar-refractivity contribution in [1.82, 2.24) is 5.32 Å². The third kappa shape index (κ3) is 3.16. The van der Waals surface area contributed by atoms with Gasteiger partial charge in [0.2, 0.25) is 0 Å².